The summed E-state index contributed by atoms with van der Waals surface area (Å²) < 4.78 is 20.7. The minimum absolute atomic E-state index is 0.0147. The van der Waals surface area contributed by atoms with Crippen LogP contribution < -0.4 is 5.56 Å². The molecule has 0 atom stereocenters. The number of fused-ring (bicyclic) bond motifs is 1. The van der Waals surface area contributed by atoms with Gasteiger partial charge in [-0.05, 0) is 55.7 Å². The van der Waals surface area contributed by atoms with Crippen LogP contribution in [0.25, 0.3) is 22.4 Å². The van der Waals surface area contributed by atoms with Crippen LogP contribution in [0.3, 0.4) is 0 Å². The summed E-state index contributed by atoms with van der Waals surface area (Å²) in [6.07, 6.45) is 4.70. The molecule has 1 fully saturated rings. The third-order valence-corrected chi connectivity index (χ3v) is 5.71. The van der Waals surface area contributed by atoms with Crippen molar-refractivity contribution in [3.05, 3.63) is 75.8 Å². The molecule has 0 bridgehead atoms. The monoisotopic (exact) mass is 404 g/mol. The summed E-state index contributed by atoms with van der Waals surface area (Å²) in [6, 6.07) is 12.3. The lowest BCUT2D eigenvalue weighted by Crippen LogP contribution is -2.26. The zero-order valence-electron chi connectivity index (χ0n) is 16.6. The van der Waals surface area contributed by atoms with Gasteiger partial charge >= 0.3 is 0 Å². The van der Waals surface area contributed by atoms with Crippen molar-refractivity contribution in [2.24, 2.45) is 0 Å². The number of benzene rings is 2. The van der Waals surface area contributed by atoms with Crippen molar-refractivity contribution in [2.45, 2.75) is 45.1 Å². The molecule has 0 aliphatic heterocycles. The smallest absolute Gasteiger partial charge is 0.272 e. The number of aromatic nitrogens is 4. The molecule has 0 saturated heterocycles. The maximum atomic E-state index is 13.4. The Balaban J connectivity index is 1.51. The molecular weight excluding hydrogens is 383 g/mol. The zero-order chi connectivity index (χ0) is 20.7. The Morgan fingerprint density at radius 1 is 1.13 bits per heavy atom. The van der Waals surface area contributed by atoms with Crippen LogP contribution in [0.15, 0.2) is 51.8 Å². The van der Waals surface area contributed by atoms with Crippen molar-refractivity contribution in [3.8, 4) is 11.4 Å². The summed E-state index contributed by atoms with van der Waals surface area (Å²) in [5, 5.41) is 4.08. The van der Waals surface area contributed by atoms with Gasteiger partial charge in [0.15, 0.2) is 0 Å². The highest BCUT2D eigenvalue weighted by molar-refractivity contribution is 5.80. The lowest BCUT2D eigenvalue weighted by Gasteiger charge is -2.17. The van der Waals surface area contributed by atoms with Crippen LogP contribution in [0.4, 0.5) is 4.39 Å². The van der Waals surface area contributed by atoms with Gasteiger partial charge in [-0.15, -0.1) is 0 Å². The van der Waals surface area contributed by atoms with Crippen molar-refractivity contribution in [1.82, 2.24) is 19.7 Å². The van der Waals surface area contributed by atoms with E-state index >= 15 is 0 Å². The number of halogens is 1. The van der Waals surface area contributed by atoms with Crippen molar-refractivity contribution in [2.75, 3.05) is 0 Å². The van der Waals surface area contributed by atoms with Gasteiger partial charge in [-0.1, -0.05) is 30.1 Å². The van der Waals surface area contributed by atoms with E-state index in [1.165, 1.54) is 12.1 Å². The Labute approximate surface area is 172 Å². The molecule has 1 aliphatic carbocycles. The van der Waals surface area contributed by atoms with Crippen LogP contribution in [0.5, 0.6) is 0 Å². The van der Waals surface area contributed by atoms with Gasteiger partial charge in [0.05, 0.1) is 17.5 Å². The topological polar surface area (TPSA) is 73.8 Å². The van der Waals surface area contributed by atoms with Crippen LogP contribution in [-0.2, 0) is 6.42 Å². The summed E-state index contributed by atoms with van der Waals surface area (Å²) in [7, 11) is 0. The summed E-state index contributed by atoms with van der Waals surface area (Å²) in [4.78, 5) is 21.7. The third kappa shape index (κ3) is 3.40. The van der Waals surface area contributed by atoms with Gasteiger partial charge in [0.2, 0.25) is 11.7 Å². The largest absolute Gasteiger partial charge is 0.339 e. The van der Waals surface area contributed by atoms with Crippen molar-refractivity contribution < 1.29 is 8.91 Å². The number of hydrogen-bond acceptors (Lipinski definition) is 5. The first-order valence-electron chi connectivity index (χ1n) is 10.2. The fraction of sp³-hybridized carbons (Fsp3) is 0.304. The van der Waals surface area contributed by atoms with Gasteiger partial charge in [0.1, 0.15) is 11.5 Å². The molecule has 152 valence electrons. The molecule has 6 nitrogen and oxygen atoms in total. The molecule has 0 N–H and O–H groups in total. The molecule has 1 saturated carbocycles. The van der Waals surface area contributed by atoms with Crippen LogP contribution in [0.2, 0.25) is 0 Å². The second-order valence-corrected chi connectivity index (χ2v) is 7.83. The van der Waals surface area contributed by atoms with E-state index in [0.717, 1.165) is 47.8 Å². The number of aryl methyl sites for hydroxylation is 1. The summed E-state index contributed by atoms with van der Waals surface area (Å²) >= 11 is 0. The maximum absolute atomic E-state index is 13.4. The van der Waals surface area contributed by atoms with Gasteiger partial charge in [-0.3, -0.25) is 4.79 Å². The normalized spacial score (nSPS) is 14.6. The highest BCUT2D eigenvalue weighted by Crippen LogP contribution is 2.31. The van der Waals surface area contributed by atoms with E-state index in [1.54, 1.807) is 13.0 Å². The SMILES string of the molecule is Cc1nc2cc(-c3noc(Cc4cccc(F)c4)n3)ccc2n(C2CCCC2)c1=O. The lowest BCUT2D eigenvalue weighted by atomic mass is 10.1. The first-order valence-corrected chi connectivity index (χ1v) is 10.2. The van der Waals surface area contributed by atoms with Crippen LogP contribution in [0, 0.1) is 12.7 Å². The number of hydrogen-bond donors (Lipinski definition) is 0. The molecule has 7 heteroatoms. The van der Waals surface area contributed by atoms with Crippen molar-refractivity contribution in [3.63, 3.8) is 0 Å². The summed E-state index contributed by atoms with van der Waals surface area (Å²) in [5.41, 5.74) is 3.59. The molecule has 4 aromatic rings. The molecular formula is C23H21FN4O2. The van der Waals surface area contributed by atoms with E-state index in [1.807, 2.05) is 28.8 Å². The molecule has 2 aromatic heterocycles. The predicted molar refractivity (Wildman–Crippen MR) is 111 cm³/mol. The molecule has 2 aromatic carbocycles. The standard InChI is InChI=1S/C23H21FN4O2/c1-14-23(29)28(18-7-2-3-8-18)20-10-9-16(13-19(20)25-14)22-26-21(30-27-22)12-15-5-4-6-17(24)11-15/h4-6,9-11,13,18H,2-3,7-8,12H2,1H3. The molecule has 30 heavy (non-hydrogen) atoms. The quantitative estimate of drug-likeness (QED) is 0.497. The maximum Gasteiger partial charge on any atom is 0.272 e. The van der Waals surface area contributed by atoms with E-state index in [4.69, 9.17) is 4.52 Å². The minimum Gasteiger partial charge on any atom is -0.339 e. The average Bonchev–Trinajstić information content (AvgIpc) is 3.41. The van der Waals surface area contributed by atoms with E-state index < -0.39 is 0 Å². The predicted octanol–water partition coefficient (Wildman–Crippen LogP) is 4.60. The Bertz CT molecular complexity index is 1290. The zero-order valence-corrected chi connectivity index (χ0v) is 16.6. The fourth-order valence-electron chi connectivity index (χ4n) is 4.26. The van der Waals surface area contributed by atoms with Gasteiger partial charge < -0.3 is 9.09 Å². The van der Waals surface area contributed by atoms with Gasteiger partial charge in [0, 0.05) is 11.6 Å². The van der Waals surface area contributed by atoms with E-state index in [-0.39, 0.29) is 17.4 Å². The molecule has 0 unspecified atom stereocenters. The van der Waals surface area contributed by atoms with Crippen molar-refractivity contribution >= 4 is 11.0 Å². The number of rotatable bonds is 4. The molecule has 0 amide bonds. The molecule has 0 spiro atoms. The Morgan fingerprint density at radius 2 is 1.97 bits per heavy atom. The van der Waals surface area contributed by atoms with E-state index in [2.05, 4.69) is 15.1 Å². The van der Waals surface area contributed by atoms with E-state index in [9.17, 15) is 9.18 Å². The molecule has 5 rings (SSSR count). The molecule has 1 aliphatic rings. The average molecular weight is 404 g/mol. The van der Waals surface area contributed by atoms with Gasteiger partial charge in [-0.25, -0.2) is 9.37 Å². The first kappa shape index (κ1) is 18.7. The fourth-order valence-corrected chi connectivity index (χ4v) is 4.26. The minimum atomic E-state index is -0.295. The van der Waals surface area contributed by atoms with Crippen LogP contribution >= 0.6 is 0 Å². The number of nitrogens with zero attached hydrogens (tertiary/aromatic N) is 4. The highest BCUT2D eigenvalue weighted by Gasteiger charge is 2.22. The highest BCUT2D eigenvalue weighted by atomic mass is 19.1. The van der Waals surface area contributed by atoms with Crippen LogP contribution in [0.1, 0.15) is 48.9 Å². The van der Waals surface area contributed by atoms with Gasteiger partial charge in [-0.2, -0.15) is 4.98 Å². The molecule has 2 heterocycles. The third-order valence-electron chi connectivity index (χ3n) is 5.71. The summed E-state index contributed by atoms with van der Waals surface area (Å²) in [5.74, 6) is 0.564. The Kier molecular flexibility index (Phi) is 4.65. The second-order valence-electron chi connectivity index (χ2n) is 7.83. The summed E-state index contributed by atoms with van der Waals surface area (Å²) in [6.45, 7) is 1.76. The van der Waals surface area contributed by atoms with Crippen molar-refractivity contribution in [1.29, 1.82) is 0 Å². The second kappa shape index (κ2) is 7.48. The van der Waals surface area contributed by atoms with E-state index in [0.29, 0.717) is 23.8 Å². The Morgan fingerprint density at radius 3 is 2.77 bits per heavy atom. The lowest BCUT2D eigenvalue weighted by molar-refractivity contribution is 0.385. The first-order chi connectivity index (χ1) is 14.6. The van der Waals surface area contributed by atoms with Gasteiger partial charge in [0.25, 0.3) is 5.56 Å². The van der Waals surface area contributed by atoms with Crippen LogP contribution in [-0.4, -0.2) is 19.7 Å². The molecule has 0 radical (unpaired) electrons. The Hall–Kier alpha value is -3.35.